The number of carbonyl (C=O) groups is 1. The number of nitrogens with zero attached hydrogens (tertiary/aromatic N) is 3. The first-order valence-corrected chi connectivity index (χ1v) is 10.5. The maximum atomic E-state index is 13.0. The highest BCUT2D eigenvalue weighted by Crippen LogP contribution is 2.27. The molecule has 166 valence electrons. The minimum atomic E-state index is -4.73. The van der Waals surface area contributed by atoms with Gasteiger partial charge in [-0.15, -0.1) is 5.10 Å². The Morgan fingerprint density at radius 3 is 2.44 bits per heavy atom. The van der Waals surface area contributed by atoms with Gasteiger partial charge >= 0.3 is 6.18 Å². The first-order valence-electron chi connectivity index (χ1n) is 8.93. The third kappa shape index (κ3) is 5.89. The molecule has 0 aliphatic carbocycles. The monoisotopic (exact) mass is 480 g/mol. The summed E-state index contributed by atoms with van der Waals surface area (Å²) in [6.07, 6.45) is -2.22. The second-order valence-corrected chi connectivity index (χ2v) is 7.43. The second kappa shape index (κ2) is 9.88. The Balaban J connectivity index is 1.91. The van der Waals surface area contributed by atoms with Gasteiger partial charge in [0, 0.05) is 11.1 Å². The minimum absolute atomic E-state index is 0.0697. The van der Waals surface area contributed by atoms with Crippen molar-refractivity contribution >= 4 is 46.6 Å². The van der Waals surface area contributed by atoms with E-state index in [1.807, 2.05) is 0 Å². The predicted molar refractivity (Wildman–Crippen MR) is 119 cm³/mol. The summed E-state index contributed by atoms with van der Waals surface area (Å²) in [4.78, 5) is 20.7. The fourth-order valence-corrected chi connectivity index (χ4v) is 2.94. The molecule has 7 nitrogen and oxygen atoms in total. The summed E-state index contributed by atoms with van der Waals surface area (Å²) in [5, 5.41) is 9.75. The SMILES string of the molecule is CSc1n[nH]c(NC(=O)c2ccc(C(C=C(N)C(F)(F)F)=Nc3ccccc3Cl)cc2)n1. The van der Waals surface area contributed by atoms with E-state index in [2.05, 4.69) is 25.5 Å². The van der Waals surface area contributed by atoms with E-state index in [0.717, 1.165) is 6.08 Å². The normalized spacial score (nSPS) is 12.7. The number of thioether (sulfide) groups is 1. The highest BCUT2D eigenvalue weighted by atomic mass is 35.5. The van der Waals surface area contributed by atoms with Crippen LogP contribution in [-0.4, -0.2) is 39.2 Å². The largest absolute Gasteiger partial charge is 0.430 e. The van der Waals surface area contributed by atoms with Gasteiger partial charge in [-0.2, -0.15) is 18.2 Å². The number of nitrogens with one attached hydrogen (secondary N) is 2. The van der Waals surface area contributed by atoms with E-state index in [1.54, 1.807) is 30.5 Å². The standard InChI is InChI=1S/C20H16ClF3N6OS/c1-32-19-28-18(29-30-19)27-17(31)12-8-6-11(7-9-12)15(10-16(25)20(22,23)24)26-14-5-3-2-4-13(14)21/h2-10H,25H2,1H3,(H2,27,28,29,30,31). The van der Waals surface area contributed by atoms with Crippen molar-refractivity contribution in [1.29, 1.82) is 0 Å². The Hall–Kier alpha value is -3.31. The lowest BCUT2D eigenvalue weighted by Crippen LogP contribution is -2.21. The quantitative estimate of drug-likeness (QED) is 0.341. The van der Waals surface area contributed by atoms with E-state index >= 15 is 0 Å². The van der Waals surface area contributed by atoms with Gasteiger partial charge in [-0.05, 0) is 36.6 Å². The number of alkyl halides is 3. The number of nitrogens with two attached hydrogens (primary N) is 1. The maximum absolute atomic E-state index is 13.0. The van der Waals surface area contributed by atoms with Crippen LogP contribution in [0.2, 0.25) is 5.02 Å². The summed E-state index contributed by atoms with van der Waals surface area (Å²) in [5.74, 6) is -0.305. The molecular weight excluding hydrogens is 465 g/mol. The second-order valence-electron chi connectivity index (χ2n) is 6.25. The fraction of sp³-hybridized carbons (Fsp3) is 0.100. The summed E-state index contributed by atoms with van der Waals surface area (Å²) in [6, 6.07) is 12.2. The number of H-pyrrole nitrogens is 1. The number of hydrogen-bond donors (Lipinski definition) is 3. The Kier molecular flexibility index (Phi) is 7.21. The van der Waals surface area contributed by atoms with Crippen LogP contribution in [-0.2, 0) is 0 Å². The van der Waals surface area contributed by atoms with E-state index < -0.39 is 17.8 Å². The number of benzene rings is 2. The molecule has 2 aromatic carbocycles. The van der Waals surface area contributed by atoms with Gasteiger partial charge in [0.05, 0.1) is 16.4 Å². The highest BCUT2D eigenvalue weighted by Gasteiger charge is 2.31. The van der Waals surface area contributed by atoms with Gasteiger partial charge in [-0.3, -0.25) is 10.1 Å². The first kappa shape index (κ1) is 23.4. The van der Waals surface area contributed by atoms with Crippen molar-refractivity contribution < 1.29 is 18.0 Å². The number of halogens is 4. The van der Waals surface area contributed by atoms with E-state index in [1.165, 1.54) is 36.0 Å². The van der Waals surface area contributed by atoms with Gasteiger partial charge < -0.3 is 5.73 Å². The summed E-state index contributed by atoms with van der Waals surface area (Å²) in [7, 11) is 0. The van der Waals surface area contributed by atoms with Crippen LogP contribution in [0.15, 0.2) is 70.5 Å². The van der Waals surface area contributed by atoms with E-state index in [9.17, 15) is 18.0 Å². The van der Waals surface area contributed by atoms with Gasteiger partial charge in [0.15, 0.2) is 0 Å². The molecule has 0 atom stereocenters. The molecule has 0 unspecified atom stereocenters. The number of anilines is 1. The average Bonchev–Trinajstić information content (AvgIpc) is 3.21. The number of aliphatic imine (C=N–C) groups is 1. The third-order valence-corrected chi connectivity index (χ3v) is 4.90. The van der Waals surface area contributed by atoms with Crippen molar-refractivity contribution in [2.45, 2.75) is 11.3 Å². The van der Waals surface area contributed by atoms with Gasteiger partial charge in [0.2, 0.25) is 11.1 Å². The number of allylic oxidation sites excluding steroid dienone is 2. The van der Waals surface area contributed by atoms with Crippen molar-refractivity contribution in [3.05, 3.63) is 76.5 Å². The van der Waals surface area contributed by atoms with Gasteiger partial charge in [0.25, 0.3) is 5.91 Å². The fourth-order valence-electron chi connectivity index (χ4n) is 2.45. The van der Waals surface area contributed by atoms with Crippen molar-refractivity contribution in [3.63, 3.8) is 0 Å². The molecule has 0 radical (unpaired) electrons. The van der Waals surface area contributed by atoms with E-state index in [4.69, 9.17) is 17.3 Å². The Morgan fingerprint density at radius 1 is 1.19 bits per heavy atom. The summed E-state index contributed by atoms with van der Waals surface area (Å²) in [6.45, 7) is 0. The van der Waals surface area contributed by atoms with E-state index in [0.29, 0.717) is 10.7 Å². The molecule has 3 aromatic rings. The lowest BCUT2D eigenvalue weighted by Gasteiger charge is -2.09. The predicted octanol–water partition coefficient (Wildman–Crippen LogP) is 4.96. The number of rotatable bonds is 6. The molecule has 1 aromatic heterocycles. The van der Waals surface area contributed by atoms with Crippen LogP contribution in [0.25, 0.3) is 0 Å². The van der Waals surface area contributed by atoms with Crippen LogP contribution in [0.3, 0.4) is 0 Å². The molecule has 3 rings (SSSR count). The topological polar surface area (TPSA) is 109 Å². The van der Waals surface area contributed by atoms with Crippen LogP contribution < -0.4 is 11.1 Å². The first-order chi connectivity index (χ1) is 15.2. The minimum Gasteiger partial charge on any atom is -0.395 e. The van der Waals surface area contributed by atoms with Crippen molar-refractivity contribution in [1.82, 2.24) is 15.2 Å². The van der Waals surface area contributed by atoms with Gasteiger partial charge in [0.1, 0.15) is 5.70 Å². The number of hydrogen-bond acceptors (Lipinski definition) is 6. The number of carbonyl (C=O) groups excluding carboxylic acids is 1. The van der Waals surface area contributed by atoms with Crippen LogP contribution in [0, 0.1) is 0 Å². The molecule has 0 saturated carbocycles. The molecule has 0 aliphatic rings. The van der Waals surface area contributed by atoms with Crippen LogP contribution >= 0.6 is 23.4 Å². The number of aromatic amines is 1. The van der Waals surface area contributed by atoms with Crippen molar-refractivity contribution in [3.8, 4) is 0 Å². The Morgan fingerprint density at radius 2 is 1.84 bits per heavy atom. The molecule has 0 fully saturated rings. The summed E-state index contributed by atoms with van der Waals surface area (Å²) >= 11 is 7.39. The molecule has 12 heteroatoms. The zero-order chi connectivity index (χ0) is 23.3. The summed E-state index contributed by atoms with van der Waals surface area (Å²) in [5.41, 5.74) is 4.63. The Labute approximate surface area is 190 Å². The smallest absolute Gasteiger partial charge is 0.395 e. The molecule has 0 aliphatic heterocycles. The molecule has 0 saturated heterocycles. The van der Waals surface area contributed by atoms with Crippen LogP contribution in [0.1, 0.15) is 15.9 Å². The summed E-state index contributed by atoms with van der Waals surface area (Å²) < 4.78 is 39.0. The molecule has 1 heterocycles. The highest BCUT2D eigenvalue weighted by molar-refractivity contribution is 7.98. The lowest BCUT2D eigenvalue weighted by atomic mass is 10.1. The van der Waals surface area contributed by atoms with Crippen molar-refractivity contribution in [2.75, 3.05) is 11.6 Å². The molecule has 1 amide bonds. The lowest BCUT2D eigenvalue weighted by molar-refractivity contribution is -0.0925. The maximum Gasteiger partial charge on any atom is 0.430 e. The number of amides is 1. The zero-order valence-corrected chi connectivity index (χ0v) is 18.0. The third-order valence-electron chi connectivity index (χ3n) is 4.04. The Bertz CT molecular complexity index is 1170. The molecule has 0 spiro atoms. The zero-order valence-electron chi connectivity index (χ0n) is 16.4. The van der Waals surface area contributed by atoms with Crippen LogP contribution in [0.4, 0.5) is 24.8 Å². The van der Waals surface area contributed by atoms with E-state index in [-0.39, 0.29) is 27.9 Å². The molecule has 4 N–H and O–H groups in total. The van der Waals surface area contributed by atoms with Gasteiger partial charge in [-0.1, -0.05) is 47.6 Å². The molecular formula is C20H16ClF3N6OS. The average molecular weight is 481 g/mol. The number of aromatic nitrogens is 3. The van der Waals surface area contributed by atoms with Crippen LogP contribution in [0.5, 0.6) is 0 Å². The van der Waals surface area contributed by atoms with Gasteiger partial charge in [-0.25, -0.2) is 10.1 Å². The number of para-hydroxylation sites is 1. The molecule has 32 heavy (non-hydrogen) atoms. The molecule has 0 bridgehead atoms. The van der Waals surface area contributed by atoms with Crippen molar-refractivity contribution in [2.24, 2.45) is 10.7 Å².